The van der Waals surface area contributed by atoms with E-state index < -0.39 is 0 Å². The molecule has 37 heavy (non-hydrogen) atoms. The van der Waals surface area contributed by atoms with Gasteiger partial charge in [0, 0.05) is 34.2 Å². The Kier molecular flexibility index (Phi) is 8.34. The zero-order valence-corrected chi connectivity index (χ0v) is 22.3. The van der Waals surface area contributed by atoms with Gasteiger partial charge in [0.25, 0.3) is 0 Å². The minimum absolute atomic E-state index is 0.0564. The third-order valence-corrected chi connectivity index (χ3v) is 6.58. The minimum atomic E-state index is -0.113. The Morgan fingerprint density at radius 3 is 2.62 bits per heavy atom. The molecular weight excluding hydrogens is 462 g/mol. The molecule has 4 rings (SSSR count). The first-order valence-corrected chi connectivity index (χ1v) is 12.8. The summed E-state index contributed by atoms with van der Waals surface area (Å²) < 4.78 is 17.5. The number of furan rings is 1. The fourth-order valence-corrected chi connectivity index (χ4v) is 4.61. The summed E-state index contributed by atoms with van der Waals surface area (Å²) in [5.74, 6) is 1.41. The van der Waals surface area contributed by atoms with Crippen molar-refractivity contribution in [2.75, 3.05) is 13.7 Å². The van der Waals surface area contributed by atoms with Crippen LogP contribution in [0, 0.1) is 6.92 Å². The van der Waals surface area contributed by atoms with Gasteiger partial charge in [-0.15, -0.1) is 0 Å². The zero-order valence-electron chi connectivity index (χ0n) is 22.3. The van der Waals surface area contributed by atoms with Gasteiger partial charge in [0.05, 0.1) is 20.0 Å². The Morgan fingerprint density at radius 2 is 1.89 bits per heavy atom. The molecule has 0 aliphatic rings. The van der Waals surface area contributed by atoms with Crippen molar-refractivity contribution in [1.82, 2.24) is 5.32 Å². The van der Waals surface area contributed by atoms with Gasteiger partial charge >= 0.3 is 0 Å². The molecule has 1 amide bonds. The maximum Gasteiger partial charge on any atom is 0.244 e. The van der Waals surface area contributed by atoms with Gasteiger partial charge in [0.15, 0.2) is 0 Å². The van der Waals surface area contributed by atoms with Crippen LogP contribution in [0.3, 0.4) is 0 Å². The Balaban J connectivity index is 1.62. The maximum atomic E-state index is 12.9. The summed E-state index contributed by atoms with van der Waals surface area (Å²) in [5, 5.41) is 4.08. The lowest BCUT2D eigenvalue weighted by Gasteiger charge is -2.16. The lowest BCUT2D eigenvalue weighted by Crippen LogP contribution is -2.31. The van der Waals surface area contributed by atoms with Gasteiger partial charge in [-0.1, -0.05) is 42.5 Å². The van der Waals surface area contributed by atoms with Crippen LogP contribution in [0.2, 0.25) is 0 Å². The van der Waals surface area contributed by atoms with Crippen LogP contribution in [0.5, 0.6) is 11.5 Å². The summed E-state index contributed by atoms with van der Waals surface area (Å²) in [6.07, 6.45) is 5.22. The second-order valence-corrected chi connectivity index (χ2v) is 9.33. The molecule has 1 N–H and O–H groups in total. The number of nitrogens with one attached hydrogen (secondary N) is 1. The van der Waals surface area contributed by atoms with Crippen LogP contribution >= 0.6 is 0 Å². The average molecular weight is 498 g/mol. The average Bonchev–Trinajstić information content (AvgIpc) is 3.34. The molecule has 1 aromatic heterocycles. The highest BCUT2D eigenvalue weighted by molar-refractivity contribution is 6.01. The Labute approximate surface area is 219 Å². The predicted octanol–water partition coefficient (Wildman–Crippen LogP) is 7.36. The van der Waals surface area contributed by atoms with Crippen molar-refractivity contribution in [3.05, 3.63) is 89.7 Å². The maximum absolute atomic E-state index is 12.9. The second-order valence-electron chi connectivity index (χ2n) is 9.33. The Hall–Kier alpha value is -3.99. The topological polar surface area (TPSA) is 60.7 Å². The van der Waals surface area contributed by atoms with Gasteiger partial charge < -0.3 is 19.2 Å². The van der Waals surface area contributed by atoms with E-state index in [1.54, 1.807) is 19.4 Å². The third kappa shape index (κ3) is 6.05. The smallest absolute Gasteiger partial charge is 0.244 e. The van der Waals surface area contributed by atoms with Gasteiger partial charge in [-0.25, -0.2) is 0 Å². The number of hydrogen-bond donors (Lipinski definition) is 1. The van der Waals surface area contributed by atoms with Crippen LogP contribution in [0.4, 0.5) is 0 Å². The first-order valence-electron chi connectivity index (χ1n) is 12.8. The summed E-state index contributed by atoms with van der Waals surface area (Å²) >= 11 is 0. The number of benzene rings is 3. The lowest BCUT2D eigenvalue weighted by molar-refractivity contribution is -0.117. The molecule has 0 bridgehead atoms. The van der Waals surface area contributed by atoms with E-state index in [0.29, 0.717) is 6.61 Å². The van der Waals surface area contributed by atoms with E-state index in [0.717, 1.165) is 63.1 Å². The molecule has 0 saturated heterocycles. The minimum Gasteiger partial charge on any atom is -0.497 e. The van der Waals surface area contributed by atoms with E-state index in [1.807, 2.05) is 70.2 Å². The van der Waals surface area contributed by atoms with Crippen molar-refractivity contribution in [3.8, 4) is 22.6 Å². The summed E-state index contributed by atoms with van der Waals surface area (Å²) in [4.78, 5) is 12.9. The molecule has 1 atom stereocenters. The van der Waals surface area contributed by atoms with Crippen molar-refractivity contribution in [2.24, 2.45) is 0 Å². The molecule has 5 heteroatoms. The summed E-state index contributed by atoms with van der Waals surface area (Å²) in [6.45, 7) is 8.45. The first kappa shape index (κ1) is 26.1. The van der Waals surface area contributed by atoms with Crippen LogP contribution in [0.15, 0.2) is 77.4 Å². The largest absolute Gasteiger partial charge is 0.497 e. The molecule has 1 heterocycles. The molecule has 5 nitrogen and oxygen atoms in total. The number of hydrogen-bond acceptors (Lipinski definition) is 4. The Morgan fingerprint density at radius 1 is 1.11 bits per heavy atom. The summed E-state index contributed by atoms with van der Waals surface area (Å²) in [6, 6.07) is 20.3. The summed E-state index contributed by atoms with van der Waals surface area (Å²) in [7, 11) is 1.66. The number of methoxy groups -OCH3 is 1. The number of ether oxygens (including phenoxy) is 2. The third-order valence-electron chi connectivity index (χ3n) is 6.58. The van der Waals surface area contributed by atoms with E-state index in [2.05, 4.69) is 23.5 Å². The molecular formula is C32H35NO4. The van der Waals surface area contributed by atoms with Crippen LogP contribution < -0.4 is 14.8 Å². The van der Waals surface area contributed by atoms with Crippen molar-refractivity contribution in [1.29, 1.82) is 0 Å². The van der Waals surface area contributed by atoms with Gasteiger partial charge in [0.1, 0.15) is 17.1 Å². The fourth-order valence-electron chi connectivity index (χ4n) is 4.61. The normalized spacial score (nSPS) is 12.4. The molecule has 0 radical (unpaired) electrons. The molecule has 0 aliphatic heterocycles. The first-order chi connectivity index (χ1) is 17.9. The van der Waals surface area contributed by atoms with E-state index in [1.165, 1.54) is 5.56 Å². The molecule has 0 spiro atoms. The van der Waals surface area contributed by atoms with E-state index in [4.69, 9.17) is 13.9 Å². The number of amides is 1. The Bertz CT molecular complexity index is 1400. The van der Waals surface area contributed by atoms with Crippen molar-refractivity contribution < 1.29 is 18.7 Å². The van der Waals surface area contributed by atoms with E-state index in [-0.39, 0.29) is 11.9 Å². The van der Waals surface area contributed by atoms with Crippen LogP contribution in [-0.4, -0.2) is 25.7 Å². The second kappa shape index (κ2) is 11.8. The summed E-state index contributed by atoms with van der Waals surface area (Å²) in [5.41, 5.74) is 6.63. The highest BCUT2D eigenvalue weighted by Crippen LogP contribution is 2.41. The highest BCUT2D eigenvalue weighted by atomic mass is 16.5. The number of fused-ring (bicyclic) bond motifs is 1. The van der Waals surface area contributed by atoms with Gasteiger partial charge in [-0.3, -0.25) is 4.79 Å². The molecule has 1 unspecified atom stereocenters. The van der Waals surface area contributed by atoms with E-state index in [9.17, 15) is 4.79 Å². The van der Waals surface area contributed by atoms with Gasteiger partial charge in [0.2, 0.25) is 5.91 Å². The number of allylic oxidation sites excluding steroid dienone is 1. The number of carbonyl (C=O) groups is 1. The van der Waals surface area contributed by atoms with Crippen molar-refractivity contribution in [3.63, 3.8) is 0 Å². The standard InChI is InChI=1S/C32H35NO4/c1-6-36-31-23(4)32-28(29(20-37-32)25-13-10-14-26(18-25)35-5)19-27(31)21(2)17-30(34)33-22(3)15-16-24-11-8-7-9-12-24/h7-14,17-20,22H,6,15-16H2,1-5H3,(H,33,34)/b21-17+. The molecule has 192 valence electrons. The van der Waals surface area contributed by atoms with Crippen molar-refractivity contribution >= 4 is 22.4 Å². The van der Waals surface area contributed by atoms with Gasteiger partial charge in [-0.2, -0.15) is 0 Å². The SMILES string of the molecule is CCOc1c(/C(C)=C/C(=O)NC(C)CCc2ccccc2)cc2c(-c3cccc(OC)c3)coc2c1C. The number of rotatable bonds is 10. The highest BCUT2D eigenvalue weighted by Gasteiger charge is 2.19. The van der Waals surface area contributed by atoms with Crippen molar-refractivity contribution in [2.45, 2.75) is 46.6 Å². The van der Waals surface area contributed by atoms with Crippen LogP contribution in [-0.2, 0) is 11.2 Å². The monoisotopic (exact) mass is 497 g/mol. The predicted molar refractivity (Wildman–Crippen MR) is 150 cm³/mol. The van der Waals surface area contributed by atoms with Crippen LogP contribution in [0.1, 0.15) is 43.9 Å². The molecule has 0 saturated carbocycles. The fraction of sp³-hybridized carbons (Fsp3) is 0.281. The lowest BCUT2D eigenvalue weighted by atomic mass is 9.96. The van der Waals surface area contributed by atoms with E-state index >= 15 is 0 Å². The molecule has 0 aliphatic carbocycles. The zero-order chi connectivity index (χ0) is 26.4. The number of aryl methyl sites for hydroxylation is 2. The quantitative estimate of drug-likeness (QED) is 0.233. The molecule has 0 fully saturated rings. The van der Waals surface area contributed by atoms with Crippen LogP contribution in [0.25, 0.3) is 27.7 Å². The van der Waals surface area contributed by atoms with Gasteiger partial charge in [-0.05, 0) is 75.4 Å². The molecule has 4 aromatic rings. The molecule has 3 aromatic carbocycles. The number of carbonyl (C=O) groups excluding carboxylic acids is 1.